The Bertz CT molecular complexity index is 1390. The van der Waals surface area contributed by atoms with E-state index in [-0.39, 0.29) is 16.5 Å². The Labute approximate surface area is 183 Å². The molecular weight excluding hydrogens is 463 g/mol. The van der Waals surface area contributed by atoms with E-state index in [1.807, 2.05) is 0 Å². The minimum atomic E-state index is -4.26. The van der Waals surface area contributed by atoms with E-state index < -0.39 is 42.3 Å². The lowest BCUT2D eigenvalue weighted by Crippen LogP contribution is -2.16. The van der Waals surface area contributed by atoms with Gasteiger partial charge in [0.05, 0.1) is 15.4 Å². The first-order valence-electron chi connectivity index (χ1n) is 8.88. The smallest absolute Gasteiger partial charge is 0.338 e. The number of aromatic nitrogens is 2. The molecule has 0 radical (unpaired) electrons. The lowest BCUT2D eigenvalue weighted by molar-refractivity contribution is 0.0691. The molecule has 0 fully saturated rings. The van der Waals surface area contributed by atoms with E-state index in [0.717, 1.165) is 24.3 Å². The van der Waals surface area contributed by atoms with Gasteiger partial charge in [-0.3, -0.25) is 4.72 Å². The molecule has 0 aliphatic rings. The monoisotopic (exact) mass is 480 g/mol. The van der Waals surface area contributed by atoms with Crippen molar-refractivity contribution in [1.29, 1.82) is 0 Å². The summed E-state index contributed by atoms with van der Waals surface area (Å²) in [5.41, 5.74) is 0.361. The van der Waals surface area contributed by atoms with E-state index in [4.69, 9.17) is 5.11 Å². The van der Waals surface area contributed by atoms with Gasteiger partial charge in [-0.2, -0.15) is 0 Å². The molecule has 3 rings (SSSR count). The molecule has 0 bridgehead atoms. The van der Waals surface area contributed by atoms with Crippen LogP contribution in [0.3, 0.4) is 0 Å². The lowest BCUT2D eigenvalue weighted by atomic mass is 10.2. The maximum atomic E-state index is 13.5. The SMILES string of the molecule is Cc1cc(C)nc(NS(=O)(=O)c2ccc(NS(=O)(=O)c3ccc(F)c(C(=O)O)c3)cc2)n1. The fourth-order valence-corrected chi connectivity index (χ4v) is 4.73. The molecule has 0 aliphatic carbocycles. The van der Waals surface area contributed by atoms with Crippen molar-refractivity contribution >= 4 is 37.7 Å². The van der Waals surface area contributed by atoms with E-state index >= 15 is 0 Å². The first-order chi connectivity index (χ1) is 14.9. The maximum Gasteiger partial charge on any atom is 0.338 e. The quantitative estimate of drug-likeness (QED) is 0.466. The van der Waals surface area contributed by atoms with Gasteiger partial charge in [0.1, 0.15) is 5.82 Å². The first-order valence-corrected chi connectivity index (χ1v) is 11.8. The molecule has 168 valence electrons. The lowest BCUT2D eigenvalue weighted by Gasteiger charge is -2.11. The summed E-state index contributed by atoms with van der Waals surface area (Å²) in [6, 6.07) is 8.75. The molecule has 2 aromatic carbocycles. The van der Waals surface area contributed by atoms with Gasteiger partial charge in [0.25, 0.3) is 20.0 Å². The molecule has 0 aliphatic heterocycles. The normalized spacial score (nSPS) is 11.7. The molecule has 0 unspecified atom stereocenters. The second kappa shape index (κ2) is 8.51. The Morgan fingerprint density at radius 1 is 0.844 bits per heavy atom. The second-order valence-electron chi connectivity index (χ2n) is 6.66. The third kappa shape index (κ3) is 5.18. The Hall–Kier alpha value is -3.58. The van der Waals surface area contributed by atoms with Crippen LogP contribution in [0, 0.1) is 19.7 Å². The predicted octanol–water partition coefficient (Wildman–Crippen LogP) is 2.53. The number of hydrogen-bond acceptors (Lipinski definition) is 7. The summed E-state index contributed by atoms with van der Waals surface area (Å²) >= 11 is 0. The molecule has 13 heteroatoms. The highest BCUT2D eigenvalue weighted by molar-refractivity contribution is 7.93. The summed E-state index contributed by atoms with van der Waals surface area (Å²) in [6.07, 6.45) is 0. The van der Waals surface area contributed by atoms with E-state index in [0.29, 0.717) is 17.5 Å². The van der Waals surface area contributed by atoms with Crippen molar-refractivity contribution in [2.45, 2.75) is 23.6 Å². The van der Waals surface area contributed by atoms with Crippen molar-refractivity contribution in [2.75, 3.05) is 9.44 Å². The average molecular weight is 480 g/mol. The van der Waals surface area contributed by atoms with Crippen LogP contribution >= 0.6 is 0 Å². The third-order valence-corrected chi connectivity index (χ3v) is 6.83. The number of nitrogens with one attached hydrogen (secondary N) is 2. The van der Waals surface area contributed by atoms with Crippen LogP contribution in [0.5, 0.6) is 0 Å². The Morgan fingerprint density at radius 2 is 1.38 bits per heavy atom. The van der Waals surface area contributed by atoms with Crippen molar-refractivity contribution in [2.24, 2.45) is 0 Å². The van der Waals surface area contributed by atoms with Crippen LogP contribution < -0.4 is 9.44 Å². The van der Waals surface area contributed by atoms with E-state index in [9.17, 15) is 26.0 Å². The van der Waals surface area contributed by atoms with Gasteiger partial charge in [0.15, 0.2) is 0 Å². The van der Waals surface area contributed by atoms with Crippen LogP contribution in [0.2, 0.25) is 0 Å². The van der Waals surface area contributed by atoms with Crippen molar-refractivity contribution in [1.82, 2.24) is 9.97 Å². The Morgan fingerprint density at radius 3 is 1.94 bits per heavy atom. The summed E-state index contributed by atoms with van der Waals surface area (Å²) in [5, 5.41) is 8.96. The molecule has 0 amide bonds. The van der Waals surface area contributed by atoms with Gasteiger partial charge >= 0.3 is 5.97 Å². The van der Waals surface area contributed by atoms with Gasteiger partial charge in [0.2, 0.25) is 5.95 Å². The van der Waals surface area contributed by atoms with E-state index in [2.05, 4.69) is 19.4 Å². The van der Waals surface area contributed by atoms with Crippen LogP contribution in [-0.2, 0) is 20.0 Å². The zero-order valence-corrected chi connectivity index (χ0v) is 18.3. The van der Waals surface area contributed by atoms with Gasteiger partial charge in [-0.1, -0.05) is 0 Å². The molecule has 0 saturated heterocycles. The summed E-state index contributed by atoms with van der Waals surface area (Å²) in [7, 11) is -8.30. The minimum absolute atomic E-state index is 0.00722. The molecule has 0 saturated carbocycles. The first kappa shape index (κ1) is 23.1. The van der Waals surface area contributed by atoms with Gasteiger partial charge in [-0.25, -0.2) is 40.7 Å². The van der Waals surface area contributed by atoms with Crippen LogP contribution in [0.15, 0.2) is 58.3 Å². The Balaban J connectivity index is 1.82. The number of sulfonamides is 2. The van der Waals surface area contributed by atoms with Crippen molar-refractivity contribution in [3.63, 3.8) is 0 Å². The van der Waals surface area contributed by atoms with Gasteiger partial charge in [-0.15, -0.1) is 0 Å². The third-order valence-electron chi connectivity index (χ3n) is 4.10. The van der Waals surface area contributed by atoms with Gasteiger partial charge < -0.3 is 5.11 Å². The number of benzene rings is 2. The molecule has 0 spiro atoms. The number of aromatic carboxylic acids is 1. The van der Waals surface area contributed by atoms with E-state index in [1.165, 1.54) is 12.1 Å². The number of nitrogens with zero attached hydrogens (tertiary/aromatic N) is 2. The number of carbonyl (C=O) groups is 1. The van der Waals surface area contributed by atoms with Gasteiger partial charge in [-0.05, 0) is 62.4 Å². The number of anilines is 2. The van der Waals surface area contributed by atoms with Crippen LogP contribution in [0.25, 0.3) is 0 Å². The number of hydrogen-bond donors (Lipinski definition) is 3. The molecular formula is C19H17FN4O6S2. The highest BCUT2D eigenvalue weighted by Crippen LogP contribution is 2.21. The molecule has 1 aromatic heterocycles. The zero-order valence-electron chi connectivity index (χ0n) is 16.7. The number of halogens is 1. The van der Waals surface area contributed by atoms with E-state index in [1.54, 1.807) is 19.9 Å². The molecule has 10 nitrogen and oxygen atoms in total. The predicted molar refractivity (Wildman–Crippen MR) is 113 cm³/mol. The summed E-state index contributed by atoms with van der Waals surface area (Å²) in [5.74, 6) is -2.79. The Kier molecular flexibility index (Phi) is 6.14. The standard InChI is InChI=1S/C19H17FN4O6S2/c1-11-9-12(2)22-19(21-11)24-31(27,28)14-5-3-13(4-6-14)23-32(29,30)15-7-8-17(20)16(10-15)18(25)26/h3-10,23H,1-2H3,(H,25,26)(H,21,22,24). The molecule has 3 aromatic rings. The molecule has 1 heterocycles. The van der Waals surface area contributed by atoms with Gasteiger partial charge in [0, 0.05) is 17.1 Å². The van der Waals surface area contributed by atoms with Crippen LogP contribution in [0.1, 0.15) is 21.7 Å². The number of carboxylic acids is 1. The van der Waals surface area contributed by atoms with Crippen molar-refractivity contribution < 1.29 is 31.1 Å². The topological polar surface area (TPSA) is 155 Å². The average Bonchev–Trinajstić information content (AvgIpc) is 2.66. The van der Waals surface area contributed by atoms with Crippen LogP contribution in [0.4, 0.5) is 16.0 Å². The number of rotatable bonds is 7. The molecule has 32 heavy (non-hydrogen) atoms. The minimum Gasteiger partial charge on any atom is -0.478 e. The fourth-order valence-electron chi connectivity index (χ4n) is 2.70. The highest BCUT2D eigenvalue weighted by Gasteiger charge is 2.20. The van der Waals surface area contributed by atoms with Crippen molar-refractivity contribution in [3.05, 3.63) is 71.3 Å². The largest absolute Gasteiger partial charge is 0.478 e. The highest BCUT2D eigenvalue weighted by atomic mass is 32.2. The van der Waals surface area contributed by atoms with Crippen molar-refractivity contribution in [3.8, 4) is 0 Å². The number of carboxylic acid groups (broad SMARTS) is 1. The second-order valence-corrected chi connectivity index (χ2v) is 10.0. The summed E-state index contributed by atoms with van der Waals surface area (Å²) in [4.78, 5) is 18.4. The molecule has 3 N–H and O–H groups in total. The summed E-state index contributed by atoms with van der Waals surface area (Å²) < 4.78 is 68.1. The maximum absolute atomic E-state index is 13.5. The summed E-state index contributed by atoms with van der Waals surface area (Å²) in [6.45, 7) is 3.38. The number of aryl methyl sites for hydroxylation is 2. The zero-order chi connectivity index (χ0) is 23.7. The molecule has 0 atom stereocenters. The van der Waals surface area contributed by atoms with Crippen LogP contribution in [-0.4, -0.2) is 37.9 Å². The fraction of sp³-hybridized carbons (Fsp3) is 0.105.